The van der Waals surface area contributed by atoms with Crippen molar-refractivity contribution in [2.45, 2.75) is 25.4 Å². The fourth-order valence-corrected chi connectivity index (χ4v) is 3.96. The molecule has 1 fully saturated rings. The van der Waals surface area contributed by atoms with E-state index in [1.807, 2.05) is 11.8 Å². The third-order valence-electron chi connectivity index (χ3n) is 5.43. The first kappa shape index (κ1) is 20.6. The SMILES string of the molecule is C[C@H]1C(=O)C[C@H](c2ccc([N+](=O)[O-])cc2)N(CCO)[C@@H]1c1ccc([N+](=O)[O-])cc1. The monoisotopic (exact) mass is 399 g/mol. The topological polar surface area (TPSA) is 127 Å². The zero-order chi connectivity index (χ0) is 21.1. The maximum absolute atomic E-state index is 12.8. The fraction of sp³-hybridized carbons (Fsp3) is 0.350. The Kier molecular flexibility index (Phi) is 6.00. The van der Waals surface area contributed by atoms with Crippen LogP contribution in [-0.2, 0) is 4.79 Å². The molecular formula is C20H21N3O6. The number of carbonyl (C=O) groups excluding carboxylic acids is 1. The molecule has 29 heavy (non-hydrogen) atoms. The predicted molar refractivity (Wildman–Crippen MR) is 104 cm³/mol. The van der Waals surface area contributed by atoms with Crippen molar-refractivity contribution in [2.75, 3.05) is 13.2 Å². The second-order valence-electron chi connectivity index (χ2n) is 7.08. The molecule has 1 aliphatic heterocycles. The predicted octanol–water partition coefficient (Wildman–Crippen LogP) is 3.19. The van der Waals surface area contributed by atoms with E-state index in [0.29, 0.717) is 6.54 Å². The van der Waals surface area contributed by atoms with E-state index >= 15 is 0 Å². The molecule has 2 aromatic carbocycles. The van der Waals surface area contributed by atoms with E-state index < -0.39 is 9.85 Å². The second kappa shape index (κ2) is 8.46. The lowest BCUT2D eigenvalue weighted by atomic mass is 9.80. The van der Waals surface area contributed by atoms with Gasteiger partial charge in [0.25, 0.3) is 11.4 Å². The highest BCUT2D eigenvalue weighted by Crippen LogP contribution is 2.43. The molecule has 0 aliphatic carbocycles. The first-order chi connectivity index (χ1) is 13.8. The summed E-state index contributed by atoms with van der Waals surface area (Å²) in [5.41, 5.74) is 1.42. The van der Waals surface area contributed by atoms with Gasteiger partial charge in [-0.15, -0.1) is 0 Å². The Labute approximate surface area is 166 Å². The van der Waals surface area contributed by atoms with E-state index in [-0.39, 0.29) is 48.2 Å². The zero-order valence-electron chi connectivity index (χ0n) is 15.8. The number of β-amino-alcohol motifs (C(OH)–C–C–N with tert-alkyl or cyclic N) is 1. The van der Waals surface area contributed by atoms with E-state index in [1.54, 1.807) is 24.3 Å². The van der Waals surface area contributed by atoms with Gasteiger partial charge in [0.05, 0.1) is 16.5 Å². The number of non-ortho nitro benzene ring substituents is 2. The maximum Gasteiger partial charge on any atom is 0.269 e. The lowest BCUT2D eigenvalue weighted by molar-refractivity contribution is -0.385. The van der Waals surface area contributed by atoms with Gasteiger partial charge in [-0.25, -0.2) is 0 Å². The van der Waals surface area contributed by atoms with E-state index in [0.717, 1.165) is 11.1 Å². The van der Waals surface area contributed by atoms with Gasteiger partial charge in [0.1, 0.15) is 5.78 Å². The number of nitro groups is 2. The minimum Gasteiger partial charge on any atom is -0.395 e. The smallest absolute Gasteiger partial charge is 0.269 e. The van der Waals surface area contributed by atoms with Gasteiger partial charge in [-0.05, 0) is 11.1 Å². The summed E-state index contributed by atoms with van der Waals surface area (Å²) in [4.78, 5) is 35.7. The molecule has 0 radical (unpaired) electrons. The molecule has 0 bridgehead atoms. The number of likely N-dealkylation sites (tertiary alicyclic amines) is 1. The summed E-state index contributed by atoms with van der Waals surface area (Å²) in [6.07, 6.45) is 0.225. The summed E-state index contributed by atoms with van der Waals surface area (Å²) in [6.45, 7) is 1.97. The summed E-state index contributed by atoms with van der Waals surface area (Å²) in [5.74, 6) is -0.330. The molecule has 2 aromatic rings. The molecular weight excluding hydrogens is 378 g/mol. The summed E-state index contributed by atoms with van der Waals surface area (Å²) in [6, 6.07) is 11.4. The van der Waals surface area contributed by atoms with Gasteiger partial charge in [0.15, 0.2) is 0 Å². The van der Waals surface area contributed by atoms with Gasteiger partial charge in [0.2, 0.25) is 0 Å². The van der Waals surface area contributed by atoms with Crippen molar-refractivity contribution in [1.29, 1.82) is 0 Å². The minimum atomic E-state index is -0.483. The van der Waals surface area contributed by atoms with Gasteiger partial charge >= 0.3 is 0 Å². The molecule has 1 aliphatic rings. The number of aliphatic hydroxyl groups excluding tert-OH is 1. The van der Waals surface area contributed by atoms with E-state index in [4.69, 9.17) is 0 Å². The third kappa shape index (κ3) is 4.15. The highest BCUT2D eigenvalue weighted by Gasteiger charge is 2.41. The Balaban J connectivity index is 2.00. The summed E-state index contributed by atoms with van der Waals surface area (Å²) in [5, 5.41) is 31.5. The standard InChI is InChI=1S/C20H21N3O6/c1-13-19(25)12-18(14-2-6-16(7-3-14)22(26)27)21(10-11-24)20(13)15-4-8-17(9-5-15)23(28)29/h2-9,13,18,20,24H,10-12H2,1H3/t13-,18+,20-/m0/s1. The van der Waals surface area contributed by atoms with Gasteiger partial charge in [0, 0.05) is 55.2 Å². The number of piperidine rings is 1. The van der Waals surface area contributed by atoms with Crippen molar-refractivity contribution < 1.29 is 19.7 Å². The van der Waals surface area contributed by atoms with Crippen molar-refractivity contribution in [3.8, 4) is 0 Å². The van der Waals surface area contributed by atoms with E-state index in [1.165, 1.54) is 24.3 Å². The van der Waals surface area contributed by atoms with Gasteiger partial charge in [-0.3, -0.25) is 29.9 Å². The highest BCUT2D eigenvalue weighted by molar-refractivity contribution is 5.83. The first-order valence-electron chi connectivity index (χ1n) is 9.21. The second-order valence-corrected chi connectivity index (χ2v) is 7.08. The Bertz CT molecular complexity index is 913. The number of rotatable bonds is 6. The third-order valence-corrected chi connectivity index (χ3v) is 5.43. The van der Waals surface area contributed by atoms with Crippen LogP contribution in [0.4, 0.5) is 11.4 Å². The summed E-state index contributed by atoms with van der Waals surface area (Å²) < 4.78 is 0. The van der Waals surface area contributed by atoms with Crippen LogP contribution in [0.2, 0.25) is 0 Å². The molecule has 9 heteroatoms. The maximum atomic E-state index is 12.8. The first-order valence-corrected chi connectivity index (χ1v) is 9.21. The number of nitro benzene ring substituents is 2. The van der Waals surface area contributed by atoms with Crippen molar-refractivity contribution in [3.63, 3.8) is 0 Å². The number of carbonyl (C=O) groups is 1. The number of hydrogen-bond acceptors (Lipinski definition) is 7. The number of benzene rings is 2. The number of Topliss-reactive ketones (excluding diaryl/α,β-unsaturated/α-hetero) is 1. The number of aliphatic hydroxyl groups is 1. The quantitative estimate of drug-likeness (QED) is 0.584. The van der Waals surface area contributed by atoms with Crippen LogP contribution in [-0.4, -0.2) is 38.8 Å². The van der Waals surface area contributed by atoms with Crippen LogP contribution >= 0.6 is 0 Å². The van der Waals surface area contributed by atoms with Crippen molar-refractivity contribution in [1.82, 2.24) is 4.90 Å². The van der Waals surface area contributed by atoms with Gasteiger partial charge < -0.3 is 5.11 Å². The molecule has 1 heterocycles. The van der Waals surface area contributed by atoms with E-state index in [2.05, 4.69) is 0 Å². The number of nitrogens with zero attached hydrogens (tertiary/aromatic N) is 3. The normalized spacial score (nSPS) is 22.4. The van der Waals surface area contributed by atoms with Crippen LogP contribution in [0.5, 0.6) is 0 Å². The summed E-state index contributed by atoms with van der Waals surface area (Å²) in [7, 11) is 0. The average Bonchev–Trinajstić information content (AvgIpc) is 2.71. The molecule has 0 spiro atoms. The van der Waals surface area contributed by atoms with Crippen LogP contribution in [0.15, 0.2) is 48.5 Å². The lowest BCUT2D eigenvalue weighted by Crippen LogP contribution is -2.45. The Hall–Kier alpha value is -3.17. The highest BCUT2D eigenvalue weighted by atomic mass is 16.6. The van der Waals surface area contributed by atoms with Crippen LogP contribution in [0.3, 0.4) is 0 Å². The molecule has 3 atom stereocenters. The number of hydrogen-bond donors (Lipinski definition) is 1. The van der Waals surface area contributed by atoms with Crippen LogP contribution in [0.25, 0.3) is 0 Å². The fourth-order valence-electron chi connectivity index (χ4n) is 3.96. The van der Waals surface area contributed by atoms with Crippen LogP contribution < -0.4 is 0 Å². The molecule has 152 valence electrons. The van der Waals surface area contributed by atoms with Crippen LogP contribution in [0, 0.1) is 26.1 Å². The average molecular weight is 399 g/mol. The van der Waals surface area contributed by atoms with Gasteiger partial charge in [-0.1, -0.05) is 31.2 Å². The molecule has 1 saturated heterocycles. The van der Waals surface area contributed by atoms with Crippen molar-refractivity contribution in [2.24, 2.45) is 5.92 Å². The van der Waals surface area contributed by atoms with Crippen molar-refractivity contribution >= 4 is 17.2 Å². The van der Waals surface area contributed by atoms with Crippen LogP contribution in [0.1, 0.15) is 36.6 Å². The minimum absolute atomic E-state index is 0.0332. The Morgan fingerprint density at radius 3 is 1.90 bits per heavy atom. The molecule has 0 saturated carbocycles. The molecule has 3 rings (SSSR count). The molecule has 9 nitrogen and oxygen atoms in total. The van der Waals surface area contributed by atoms with Gasteiger partial charge in [-0.2, -0.15) is 0 Å². The van der Waals surface area contributed by atoms with Crippen molar-refractivity contribution in [3.05, 3.63) is 79.9 Å². The molecule has 1 N–H and O–H groups in total. The van der Waals surface area contributed by atoms with E-state index in [9.17, 15) is 30.1 Å². The Morgan fingerprint density at radius 1 is 0.966 bits per heavy atom. The lowest BCUT2D eigenvalue weighted by Gasteiger charge is -2.45. The molecule has 0 amide bonds. The Morgan fingerprint density at radius 2 is 1.45 bits per heavy atom. The zero-order valence-corrected chi connectivity index (χ0v) is 15.8. The number of ketones is 1. The largest absolute Gasteiger partial charge is 0.395 e. The summed E-state index contributed by atoms with van der Waals surface area (Å²) >= 11 is 0. The molecule has 0 unspecified atom stereocenters. The molecule has 0 aromatic heterocycles.